The molecule has 0 spiro atoms. The van der Waals surface area contributed by atoms with Crippen LogP contribution in [0.3, 0.4) is 0 Å². The molecule has 0 aromatic carbocycles. The minimum absolute atomic E-state index is 0.783. The van der Waals surface area contributed by atoms with Crippen LogP contribution in [-0.4, -0.2) is 24.1 Å². The molecule has 1 saturated heterocycles. The molecule has 1 fully saturated rings. The summed E-state index contributed by atoms with van der Waals surface area (Å²) in [4.78, 5) is 0. The highest BCUT2D eigenvalue weighted by atomic mass is 32.2. The Bertz CT molecular complexity index is 139. The van der Waals surface area contributed by atoms with Gasteiger partial charge in [0.05, 0.1) is 0 Å². The van der Waals surface area contributed by atoms with Crippen LogP contribution in [0.25, 0.3) is 0 Å². The maximum Gasteiger partial charge on any atom is 0.00828 e. The Morgan fingerprint density at radius 3 is 2.75 bits per heavy atom. The predicted octanol–water partition coefficient (Wildman–Crippen LogP) is 2.44. The average Bonchev–Trinajstić information content (AvgIpc) is 2.05. The molecule has 0 unspecified atom stereocenters. The molecule has 70 valence electrons. The molecule has 0 bridgehead atoms. The standard InChI is InChI=1S/C10H19NS/c1-9(2)3-6-11-10-4-7-12-8-5-10/h10-11H,1,3-8H2,2H3. The first-order chi connectivity index (χ1) is 5.79. The molecule has 1 heterocycles. The zero-order valence-corrected chi connectivity index (χ0v) is 8.75. The van der Waals surface area contributed by atoms with Crippen molar-refractivity contribution < 1.29 is 0 Å². The summed E-state index contributed by atoms with van der Waals surface area (Å²) in [6.07, 6.45) is 3.82. The summed E-state index contributed by atoms with van der Waals surface area (Å²) in [5.41, 5.74) is 1.28. The van der Waals surface area contributed by atoms with Crippen molar-refractivity contribution in [3.05, 3.63) is 12.2 Å². The maximum atomic E-state index is 3.89. The first kappa shape index (κ1) is 10.1. The van der Waals surface area contributed by atoms with Gasteiger partial charge in [-0.25, -0.2) is 0 Å². The number of hydrogen-bond acceptors (Lipinski definition) is 2. The molecule has 1 aliphatic heterocycles. The van der Waals surface area contributed by atoms with Gasteiger partial charge in [-0.15, -0.1) is 6.58 Å². The fraction of sp³-hybridized carbons (Fsp3) is 0.800. The molecule has 2 heteroatoms. The summed E-state index contributed by atoms with van der Waals surface area (Å²) in [5, 5.41) is 3.58. The third-order valence-electron chi connectivity index (χ3n) is 2.21. The second-order valence-electron chi connectivity index (χ2n) is 3.55. The van der Waals surface area contributed by atoms with Gasteiger partial charge >= 0.3 is 0 Å². The smallest absolute Gasteiger partial charge is 0.00828 e. The zero-order valence-electron chi connectivity index (χ0n) is 7.94. The molecule has 0 amide bonds. The van der Waals surface area contributed by atoms with E-state index >= 15 is 0 Å². The summed E-state index contributed by atoms with van der Waals surface area (Å²) in [7, 11) is 0. The Kier molecular flexibility index (Phi) is 4.77. The Morgan fingerprint density at radius 2 is 2.17 bits per heavy atom. The van der Waals surface area contributed by atoms with Gasteiger partial charge in [0.1, 0.15) is 0 Å². The van der Waals surface area contributed by atoms with Crippen LogP contribution in [0.5, 0.6) is 0 Å². The van der Waals surface area contributed by atoms with Gasteiger partial charge in [0.25, 0.3) is 0 Å². The molecule has 1 N–H and O–H groups in total. The average molecular weight is 185 g/mol. The molecule has 12 heavy (non-hydrogen) atoms. The Labute approximate surface area is 80.0 Å². The van der Waals surface area contributed by atoms with Gasteiger partial charge < -0.3 is 5.32 Å². The lowest BCUT2D eigenvalue weighted by Gasteiger charge is -2.22. The Hall–Kier alpha value is 0.0500. The van der Waals surface area contributed by atoms with Crippen LogP contribution in [0.1, 0.15) is 26.2 Å². The predicted molar refractivity (Wildman–Crippen MR) is 57.8 cm³/mol. The fourth-order valence-corrected chi connectivity index (χ4v) is 2.50. The molecule has 0 radical (unpaired) electrons. The van der Waals surface area contributed by atoms with Crippen LogP contribution in [0, 0.1) is 0 Å². The van der Waals surface area contributed by atoms with Crippen LogP contribution in [0.2, 0.25) is 0 Å². The van der Waals surface area contributed by atoms with Crippen molar-refractivity contribution in [3.8, 4) is 0 Å². The molecule has 0 aliphatic carbocycles. The monoisotopic (exact) mass is 185 g/mol. The normalized spacial score (nSPS) is 19.4. The van der Waals surface area contributed by atoms with E-state index in [2.05, 4.69) is 30.6 Å². The quantitative estimate of drug-likeness (QED) is 0.675. The van der Waals surface area contributed by atoms with E-state index in [1.54, 1.807) is 0 Å². The minimum Gasteiger partial charge on any atom is -0.314 e. The molecule has 0 atom stereocenters. The van der Waals surface area contributed by atoms with E-state index in [0.29, 0.717) is 0 Å². The van der Waals surface area contributed by atoms with Gasteiger partial charge in [-0.05, 0) is 44.2 Å². The first-order valence-corrected chi connectivity index (χ1v) is 5.90. The summed E-state index contributed by atoms with van der Waals surface area (Å²) in [5.74, 6) is 2.68. The molecule has 0 saturated carbocycles. The summed E-state index contributed by atoms with van der Waals surface area (Å²) < 4.78 is 0. The topological polar surface area (TPSA) is 12.0 Å². The van der Waals surface area contributed by atoms with Crippen LogP contribution in [-0.2, 0) is 0 Å². The lowest BCUT2D eigenvalue weighted by Crippen LogP contribution is -2.33. The summed E-state index contributed by atoms with van der Waals surface area (Å²) in [6, 6.07) is 0.783. The molecule has 1 aliphatic rings. The first-order valence-electron chi connectivity index (χ1n) is 4.74. The van der Waals surface area contributed by atoms with Crippen LogP contribution in [0.4, 0.5) is 0 Å². The largest absolute Gasteiger partial charge is 0.314 e. The molecule has 0 aromatic rings. The van der Waals surface area contributed by atoms with Crippen LogP contribution >= 0.6 is 11.8 Å². The minimum atomic E-state index is 0.783. The van der Waals surface area contributed by atoms with Gasteiger partial charge in [0.15, 0.2) is 0 Å². The SMILES string of the molecule is C=C(C)CCNC1CCSCC1. The Balaban J connectivity index is 2.01. The van der Waals surface area contributed by atoms with E-state index in [9.17, 15) is 0 Å². The molecule has 0 aromatic heterocycles. The highest BCUT2D eigenvalue weighted by Gasteiger charge is 2.11. The van der Waals surface area contributed by atoms with E-state index in [1.165, 1.54) is 29.9 Å². The number of nitrogens with one attached hydrogen (secondary N) is 1. The van der Waals surface area contributed by atoms with Crippen molar-refractivity contribution in [2.45, 2.75) is 32.2 Å². The van der Waals surface area contributed by atoms with Crippen molar-refractivity contribution in [1.29, 1.82) is 0 Å². The summed E-state index contributed by atoms with van der Waals surface area (Å²) >= 11 is 2.08. The molecule has 1 nitrogen and oxygen atoms in total. The number of hydrogen-bond donors (Lipinski definition) is 1. The maximum absolute atomic E-state index is 3.89. The van der Waals surface area contributed by atoms with E-state index < -0.39 is 0 Å². The lowest BCUT2D eigenvalue weighted by atomic mass is 10.1. The number of rotatable bonds is 4. The highest BCUT2D eigenvalue weighted by Crippen LogP contribution is 2.16. The molecular formula is C10H19NS. The Morgan fingerprint density at radius 1 is 1.50 bits per heavy atom. The summed E-state index contributed by atoms with van der Waals surface area (Å²) in [6.45, 7) is 7.11. The van der Waals surface area contributed by atoms with Gasteiger partial charge in [-0.3, -0.25) is 0 Å². The lowest BCUT2D eigenvalue weighted by molar-refractivity contribution is 0.486. The van der Waals surface area contributed by atoms with Crippen LogP contribution in [0.15, 0.2) is 12.2 Å². The third kappa shape index (κ3) is 4.17. The van der Waals surface area contributed by atoms with Crippen molar-refractivity contribution in [1.82, 2.24) is 5.32 Å². The van der Waals surface area contributed by atoms with Gasteiger partial charge in [-0.2, -0.15) is 11.8 Å². The second-order valence-corrected chi connectivity index (χ2v) is 4.77. The van der Waals surface area contributed by atoms with Gasteiger partial charge in [0, 0.05) is 6.04 Å². The third-order valence-corrected chi connectivity index (χ3v) is 3.25. The fourth-order valence-electron chi connectivity index (χ4n) is 1.39. The second kappa shape index (κ2) is 5.65. The molecule has 1 rings (SSSR count). The van der Waals surface area contributed by atoms with E-state index in [4.69, 9.17) is 0 Å². The van der Waals surface area contributed by atoms with E-state index in [-0.39, 0.29) is 0 Å². The van der Waals surface area contributed by atoms with E-state index in [1.807, 2.05) is 0 Å². The van der Waals surface area contributed by atoms with E-state index in [0.717, 1.165) is 19.0 Å². The van der Waals surface area contributed by atoms with Crippen molar-refractivity contribution in [2.24, 2.45) is 0 Å². The zero-order chi connectivity index (χ0) is 8.81. The highest BCUT2D eigenvalue weighted by molar-refractivity contribution is 7.99. The number of thioether (sulfide) groups is 1. The van der Waals surface area contributed by atoms with Crippen molar-refractivity contribution >= 4 is 11.8 Å². The van der Waals surface area contributed by atoms with Crippen molar-refractivity contribution in [3.63, 3.8) is 0 Å². The van der Waals surface area contributed by atoms with Gasteiger partial charge in [0.2, 0.25) is 0 Å². The van der Waals surface area contributed by atoms with Crippen LogP contribution < -0.4 is 5.32 Å². The molecular weight excluding hydrogens is 166 g/mol. The van der Waals surface area contributed by atoms with Crippen molar-refractivity contribution in [2.75, 3.05) is 18.1 Å². The van der Waals surface area contributed by atoms with Gasteiger partial charge in [-0.1, -0.05) is 5.57 Å².